The van der Waals surface area contributed by atoms with Gasteiger partial charge in [0.25, 0.3) is 0 Å². The van der Waals surface area contributed by atoms with Gasteiger partial charge in [-0.15, -0.1) is 0 Å². The molecule has 6 heteroatoms. The molecule has 0 atom stereocenters. The van der Waals surface area contributed by atoms with E-state index in [9.17, 15) is 12.8 Å². The van der Waals surface area contributed by atoms with Crippen LogP contribution in [0, 0.1) is 11.7 Å². The van der Waals surface area contributed by atoms with E-state index in [1.54, 1.807) is 0 Å². The average molecular weight is 322 g/mol. The van der Waals surface area contributed by atoms with Gasteiger partial charge in [0.1, 0.15) is 5.82 Å². The summed E-state index contributed by atoms with van der Waals surface area (Å²) in [6.07, 6.45) is 3.33. The second kappa shape index (κ2) is 5.04. The molecule has 3 nitrogen and oxygen atoms in total. The SMILES string of the molecule is O=S(=O)(NCC1CCC1)c1ccc(F)cc1Br. The second-order valence-electron chi connectivity index (χ2n) is 4.22. The summed E-state index contributed by atoms with van der Waals surface area (Å²) >= 11 is 3.06. The van der Waals surface area contributed by atoms with Crippen LogP contribution in [0.1, 0.15) is 19.3 Å². The molecule has 1 saturated carbocycles. The number of hydrogen-bond acceptors (Lipinski definition) is 2. The van der Waals surface area contributed by atoms with Gasteiger partial charge in [-0.1, -0.05) is 6.42 Å². The van der Waals surface area contributed by atoms with E-state index in [2.05, 4.69) is 20.7 Å². The van der Waals surface area contributed by atoms with Crippen molar-refractivity contribution in [2.75, 3.05) is 6.54 Å². The largest absolute Gasteiger partial charge is 0.241 e. The van der Waals surface area contributed by atoms with Gasteiger partial charge in [0.15, 0.2) is 0 Å². The Labute approximate surface area is 109 Å². The Bertz CT molecular complexity index is 514. The van der Waals surface area contributed by atoms with E-state index in [0.29, 0.717) is 12.5 Å². The van der Waals surface area contributed by atoms with Gasteiger partial charge in [-0.05, 0) is 52.9 Å². The third kappa shape index (κ3) is 3.05. The maximum Gasteiger partial charge on any atom is 0.241 e. The molecule has 0 aromatic heterocycles. The Kier molecular flexibility index (Phi) is 3.85. The number of rotatable bonds is 4. The number of benzene rings is 1. The van der Waals surface area contributed by atoms with Gasteiger partial charge in [0.2, 0.25) is 10.0 Å². The normalized spacial score (nSPS) is 16.8. The topological polar surface area (TPSA) is 46.2 Å². The lowest BCUT2D eigenvalue weighted by molar-refractivity contribution is 0.316. The first-order valence-electron chi connectivity index (χ1n) is 5.44. The Morgan fingerprint density at radius 3 is 2.65 bits per heavy atom. The van der Waals surface area contributed by atoms with Crippen molar-refractivity contribution in [2.24, 2.45) is 5.92 Å². The molecule has 0 heterocycles. The molecule has 1 N–H and O–H groups in total. The number of hydrogen-bond donors (Lipinski definition) is 1. The molecule has 1 fully saturated rings. The minimum Gasteiger partial charge on any atom is -0.211 e. The van der Waals surface area contributed by atoms with E-state index < -0.39 is 15.8 Å². The predicted molar refractivity (Wildman–Crippen MR) is 66.6 cm³/mol. The summed E-state index contributed by atoms with van der Waals surface area (Å²) in [5.41, 5.74) is 0. The van der Waals surface area contributed by atoms with Crippen LogP contribution in [-0.4, -0.2) is 15.0 Å². The zero-order chi connectivity index (χ0) is 12.5. The maximum atomic E-state index is 12.9. The van der Waals surface area contributed by atoms with E-state index in [4.69, 9.17) is 0 Å². The quantitative estimate of drug-likeness (QED) is 0.926. The third-order valence-corrected chi connectivity index (χ3v) is 5.37. The lowest BCUT2D eigenvalue weighted by Crippen LogP contribution is -2.32. The Morgan fingerprint density at radius 1 is 1.41 bits per heavy atom. The van der Waals surface area contributed by atoms with Crippen molar-refractivity contribution in [1.29, 1.82) is 0 Å². The first-order valence-corrected chi connectivity index (χ1v) is 7.71. The van der Waals surface area contributed by atoms with Gasteiger partial charge in [0, 0.05) is 11.0 Å². The molecule has 0 spiro atoms. The number of nitrogens with one attached hydrogen (secondary N) is 1. The van der Waals surface area contributed by atoms with Crippen molar-refractivity contribution in [1.82, 2.24) is 4.72 Å². The summed E-state index contributed by atoms with van der Waals surface area (Å²) in [4.78, 5) is 0.0817. The molecule has 0 amide bonds. The first kappa shape index (κ1) is 13.0. The standard InChI is InChI=1S/C11H13BrFNO2S/c12-10-6-9(13)4-5-11(10)17(15,16)14-7-8-2-1-3-8/h4-6,8,14H,1-3,7H2. The van der Waals surface area contributed by atoms with Gasteiger partial charge in [-0.3, -0.25) is 0 Å². The van der Waals surface area contributed by atoms with Crippen LogP contribution >= 0.6 is 15.9 Å². The predicted octanol–water partition coefficient (Wildman–Crippen LogP) is 2.67. The minimum absolute atomic E-state index is 0.0817. The van der Waals surface area contributed by atoms with Crippen LogP contribution < -0.4 is 4.72 Å². The molecule has 1 aromatic rings. The molecule has 0 unspecified atom stereocenters. The minimum atomic E-state index is -3.54. The zero-order valence-corrected chi connectivity index (χ0v) is 11.5. The molecule has 94 valence electrons. The van der Waals surface area contributed by atoms with Crippen LogP contribution in [0.4, 0.5) is 4.39 Å². The van der Waals surface area contributed by atoms with Crippen molar-refractivity contribution in [3.05, 3.63) is 28.5 Å². The van der Waals surface area contributed by atoms with Gasteiger partial charge < -0.3 is 0 Å². The van der Waals surface area contributed by atoms with E-state index in [1.165, 1.54) is 12.5 Å². The molecular formula is C11H13BrFNO2S. The van der Waals surface area contributed by atoms with Gasteiger partial charge in [-0.2, -0.15) is 0 Å². The van der Waals surface area contributed by atoms with Crippen LogP contribution in [0.15, 0.2) is 27.6 Å². The zero-order valence-electron chi connectivity index (χ0n) is 9.12. The molecule has 1 aliphatic carbocycles. The molecular weight excluding hydrogens is 309 g/mol. The Morgan fingerprint density at radius 2 is 2.12 bits per heavy atom. The van der Waals surface area contributed by atoms with Crippen LogP contribution in [0.25, 0.3) is 0 Å². The van der Waals surface area contributed by atoms with E-state index in [0.717, 1.165) is 25.0 Å². The fourth-order valence-electron chi connectivity index (χ4n) is 1.70. The molecule has 1 aliphatic rings. The summed E-state index contributed by atoms with van der Waals surface area (Å²) in [5.74, 6) is -0.0150. The lowest BCUT2D eigenvalue weighted by atomic mass is 9.86. The average Bonchev–Trinajstić information content (AvgIpc) is 2.13. The smallest absolute Gasteiger partial charge is 0.211 e. The van der Waals surface area contributed by atoms with Crippen LogP contribution in [0.2, 0.25) is 0 Å². The Hall–Kier alpha value is -0.460. The van der Waals surface area contributed by atoms with Crippen molar-refractivity contribution in [2.45, 2.75) is 24.2 Å². The van der Waals surface area contributed by atoms with Crippen molar-refractivity contribution >= 4 is 26.0 Å². The monoisotopic (exact) mass is 321 g/mol. The molecule has 2 rings (SSSR count). The molecule has 0 aliphatic heterocycles. The fourth-order valence-corrected chi connectivity index (χ4v) is 3.86. The molecule has 17 heavy (non-hydrogen) atoms. The second-order valence-corrected chi connectivity index (χ2v) is 6.81. The van der Waals surface area contributed by atoms with Crippen LogP contribution in [0.5, 0.6) is 0 Å². The lowest BCUT2D eigenvalue weighted by Gasteiger charge is -2.25. The number of sulfonamides is 1. The highest BCUT2D eigenvalue weighted by Crippen LogP contribution is 2.27. The summed E-state index contributed by atoms with van der Waals surface area (Å²) in [7, 11) is -3.54. The molecule has 1 aromatic carbocycles. The Balaban J connectivity index is 2.12. The summed E-state index contributed by atoms with van der Waals surface area (Å²) in [5, 5.41) is 0. The van der Waals surface area contributed by atoms with E-state index >= 15 is 0 Å². The van der Waals surface area contributed by atoms with Crippen LogP contribution in [0.3, 0.4) is 0 Å². The maximum absolute atomic E-state index is 12.9. The van der Waals surface area contributed by atoms with Gasteiger partial charge in [0.05, 0.1) is 4.90 Å². The number of halogens is 2. The van der Waals surface area contributed by atoms with Crippen molar-refractivity contribution in [3.63, 3.8) is 0 Å². The highest BCUT2D eigenvalue weighted by molar-refractivity contribution is 9.10. The molecule has 0 bridgehead atoms. The van der Waals surface area contributed by atoms with Gasteiger partial charge >= 0.3 is 0 Å². The molecule has 0 radical (unpaired) electrons. The van der Waals surface area contributed by atoms with Gasteiger partial charge in [-0.25, -0.2) is 17.5 Å². The third-order valence-electron chi connectivity index (χ3n) is 2.97. The fraction of sp³-hybridized carbons (Fsp3) is 0.455. The summed E-state index contributed by atoms with van der Waals surface area (Å²) in [6.45, 7) is 0.464. The van der Waals surface area contributed by atoms with Crippen LogP contribution in [-0.2, 0) is 10.0 Å². The van der Waals surface area contributed by atoms with Crippen molar-refractivity contribution in [3.8, 4) is 0 Å². The summed E-state index contributed by atoms with van der Waals surface area (Å²) < 4.78 is 39.6. The van der Waals surface area contributed by atoms with E-state index in [-0.39, 0.29) is 9.37 Å². The summed E-state index contributed by atoms with van der Waals surface area (Å²) in [6, 6.07) is 3.56. The molecule has 0 saturated heterocycles. The highest BCUT2D eigenvalue weighted by Gasteiger charge is 2.22. The van der Waals surface area contributed by atoms with E-state index in [1.807, 2.05) is 0 Å². The first-order chi connectivity index (χ1) is 7.99. The highest BCUT2D eigenvalue weighted by atomic mass is 79.9. The van der Waals surface area contributed by atoms with Crippen molar-refractivity contribution < 1.29 is 12.8 Å².